The lowest BCUT2D eigenvalue weighted by Gasteiger charge is -2.45. The quantitative estimate of drug-likeness (QED) is 0.752. The molecule has 3 atom stereocenters. The van der Waals surface area contributed by atoms with Crippen LogP contribution in [0.2, 0.25) is 0 Å². The highest BCUT2D eigenvalue weighted by atomic mass is 16.5. The Bertz CT molecular complexity index is 947. The van der Waals surface area contributed by atoms with Crippen molar-refractivity contribution < 1.29 is 14.3 Å². The number of aryl methyl sites for hydroxylation is 1. The second kappa shape index (κ2) is 8.79. The molecule has 2 amide bonds. The van der Waals surface area contributed by atoms with Gasteiger partial charge in [0.15, 0.2) is 11.5 Å². The van der Waals surface area contributed by atoms with E-state index in [0.717, 1.165) is 55.0 Å². The van der Waals surface area contributed by atoms with Crippen LogP contribution in [0.15, 0.2) is 42.5 Å². The van der Waals surface area contributed by atoms with Crippen molar-refractivity contribution in [3.05, 3.63) is 53.6 Å². The van der Waals surface area contributed by atoms with Crippen molar-refractivity contribution in [2.24, 2.45) is 0 Å². The normalized spacial score (nSPS) is 25.5. The predicted octanol–water partition coefficient (Wildman–Crippen LogP) is 4.33. The van der Waals surface area contributed by atoms with Crippen LogP contribution in [0.4, 0.5) is 10.5 Å². The molecule has 1 heterocycles. The molecule has 0 aromatic heterocycles. The molecule has 2 aliphatic rings. The van der Waals surface area contributed by atoms with Gasteiger partial charge in [-0.05, 0) is 81.6 Å². The number of amides is 2. The molecule has 0 radical (unpaired) electrons. The van der Waals surface area contributed by atoms with Gasteiger partial charge in [-0.15, -0.1) is 0 Å². The zero-order valence-electron chi connectivity index (χ0n) is 18.9. The number of rotatable bonds is 5. The second-order valence-corrected chi connectivity index (χ2v) is 8.91. The summed E-state index contributed by atoms with van der Waals surface area (Å²) in [6, 6.07) is 14.6. The van der Waals surface area contributed by atoms with Crippen LogP contribution in [0.25, 0.3) is 0 Å². The third-order valence-corrected chi connectivity index (χ3v) is 7.10. The van der Waals surface area contributed by atoms with Gasteiger partial charge in [0.1, 0.15) is 0 Å². The highest BCUT2D eigenvalue weighted by Gasteiger charge is 2.50. The molecule has 6 nitrogen and oxygen atoms in total. The molecule has 2 aromatic rings. The summed E-state index contributed by atoms with van der Waals surface area (Å²) in [6.45, 7) is 3.08. The van der Waals surface area contributed by atoms with E-state index in [1.807, 2.05) is 37.3 Å². The van der Waals surface area contributed by atoms with Crippen molar-refractivity contribution in [1.82, 2.24) is 10.2 Å². The first-order chi connectivity index (χ1) is 14.9. The Hall–Kier alpha value is -2.73. The molecule has 0 unspecified atom stereocenters. The van der Waals surface area contributed by atoms with E-state index in [9.17, 15) is 4.79 Å². The van der Waals surface area contributed by atoms with E-state index in [4.69, 9.17) is 9.47 Å². The largest absolute Gasteiger partial charge is 0.493 e. The Kier molecular flexibility index (Phi) is 6.10. The fraction of sp³-hybridized carbons (Fsp3) is 0.480. The van der Waals surface area contributed by atoms with Crippen molar-refractivity contribution in [3.8, 4) is 11.5 Å². The average molecular weight is 424 g/mol. The molecule has 1 aliphatic carbocycles. The highest BCUT2D eigenvalue weighted by molar-refractivity contribution is 5.89. The van der Waals surface area contributed by atoms with E-state index in [1.165, 1.54) is 5.56 Å². The van der Waals surface area contributed by atoms with Gasteiger partial charge in [0.05, 0.1) is 14.2 Å². The number of anilines is 1. The van der Waals surface area contributed by atoms with Crippen molar-refractivity contribution in [3.63, 3.8) is 0 Å². The van der Waals surface area contributed by atoms with E-state index in [2.05, 4.69) is 34.7 Å². The fourth-order valence-electron chi connectivity index (χ4n) is 5.47. The Balaban J connectivity index is 1.48. The van der Waals surface area contributed by atoms with Gasteiger partial charge >= 0.3 is 6.03 Å². The van der Waals surface area contributed by atoms with Gasteiger partial charge < -0.3 is 25.0 Å². The standard InChI is InChI=1S/C25H33N3O3/c1-17-6-5-7-19(14-17)26-24(29)27-20-10-11-25(12-13-28(2)23(25)16-20)18-8-9-21(30-3)22(15-18)31-4/h5-9,14-15,20,23H,10-13,16H2,1-4H3,(H2,26,27,29)/t20-,23+,25-/m0/s1. The van der Waals surface area contributed by atoms with Gasteiger partial charge in [-0.1, -0.05) is 18.2 Å². The van der Waals surface area contributed by atoms with E-state index in [0.29, 0.717) is 6.04 Å². The molecule has 1 aliphatic heterocycles. The molecule has 0 spiro atoms. The molecule has 4 rings (SSSR count). The van der Waals surface area contributed by atoms with Crippen LogP contribution in [-0.2, 0) is 5.41 Å². The number of urea groups is 1. The first-order valence-electron chi connectivity index (χ1n) is 11.0. The lowest BCUT2D eigenvalue weighted by molar-refractivity contribution is 0.156. The molecule has 2 N–H and O–H groups in total. The molecular weight excluding hydrogens is 390 g/mol. The molecule has 2 fully saturated rings. The molecule has 6 heteroatoms. The smallest absolute Gasteiger partial charge is 0.319 e. The SMILES string of the molecule is COc1ccc([C@@]23CC[C@H](NC(=O)Nc4cccc(C)c4)C[C@H]2N(C)CC3)cc1OC. The molecular formula is C25H33N3O3. The fourth-order valence-corrected chi connectivity index (χ4v) is 5.47. The lowest BCUT2D eigenvalue weighted by atomic mass is 9.65. The number of nitrogens with one attached hydrogen (secondary N) is 2. The summed E-state index contributed by atoms with van der Waals surface area (Å²) in [5, 5.41) is 6.18. The number of carbonyl (C=O) groups excluding carboxylic acids is 1. The summed E-state index contributed by atoms with van der Waals surface area (Å²) in [5.74, 6) is 1.54. The topological polar surface area (TPSA) is 62.8 Å². The third-order valence-electron chi connectivity index (χ3n) is 7.10. The molecule has 0 bridgehead atoms. The maximum Gasteiger partial charge on any atom is 0.319 e. The predicted molar refractivity (Wildman–Crippen MR) is 123 cm³/mol. The Morgan fingerprint density at radius 1 is 1.10 bits per heavy atom. The van der Waals surface area contributed by atoms with E-state index < -0.39 is 0 Å². The minimum atomic E-state index is -0.130. The maximum absolute atomic E-state index is 12.6. The molecule has 1 saturated heterocycles. The van der Waals surface area contributed by atoms with Crippen LogP contribution < -0.4 is 20.1 Å². The van der Waals surface area contributed by atoms with Gasteiger partial charge in [0.25, 0.3) is 0 Å². The number of nitrogens with zero attached hydrogens (tertiary/aromatic N) is 1. The Morgan fingerprint density at radius 3 is 2.65 bits per heavy atom. The molecule has 1 saturated carbocycles. The van der Waals surface area contributed by atoms with Crippen LogP contribution in [0.5, 0.6) is 11.5 Å². The van der Waals surface area contributed by atoms with E-state index >= 15 is 0 Å². The van der Waals surface area contributed by atoms with Crippen molar-refractivity contribution in [2.75, 3.05) is 33.1 Å². The first kappa shape index (κ1) is 21.5. The number of likely N-dealkylation sites (tertiary alicyclic amines) is 1. The second-order valence-electron chi connectivity index (χ2n) is 8.91. The summed E-state index contributed by atoms with van der Waals surface area (Å²) in [4.78, 5) is 15.1. The summed E-state index contributed by atoms with van der Waals surface area (Å²) in [5.41, 5.74) is 3.34. The Labute approximate surface area is 184 Å². The van der Waals surface area contributed by atoms with E-state index in [-0.39, 0.29) is 17.5 Å². The number of benzene rings is 2. The monoisotopic (exact) mass is 423 g/mol. The maximum atomic E-state index is 12.6. The number of likely N-dealkylation sites (N-methyl/N-ethyl adjacent to an activating group) is 1. The van der Waals surface area contributed by atoms with E-state index in [1.54, 1.807) is 14.2 Å². The number of fused-ring (bicyclic) bond motifs is 1. The van der Waals surface area contributed by atoms with Gasteiger partial charge in [-0.3, -0.25) is 0 Å². The van der Waals surface area contributed by atoms with Crippen LogP contribution in [0, 0.1) is 6.92 Å². The number of hydrogen-bond acceptors (Lipinski definition) is 4. The molecule has 2 aromatic carbocycles. The number of ether oxygens (including phenoxy) is 2. The van der Waals surface area contributed by atoms with Crippen molar-refractivity contribution in [1.29, 1.82) is 0 Å². The van der Waals surface area contributed by atoms with Crippen molar-refractivity contribution in [2.45, 2.75) is 50.1 Å². The minimum absolute atomic E-state index is 0.0828. The number of hydrogen-bond donors (Lipinski definition) is 2. The number of methoxy groups -OCH3 is 2. The summed E-state index contributed by atoms with van der Waals surface area (Å²) >= 11 is 0. The summed E-state index contributed by atoms with van der Waals surface area (Å²) in [6.07, 6.45) is 4.05. The van der Waals surface area contributed by atoms with Gasteiger partial charge in [0.2, 0.25) is 0 Å². The third kappa shape index (κ3) is 4.22. The van der Waals surface area contributed by atoms with Crippen LogP contribution >= 0.6 is 0 Å². The summed E-state index contributed by atoms with van der Waals surface area (Å²) < 4.78 is 11.0. The van der Waals surface area contributed by atoms with Crippen molar-refractivity contribution >= 4 is 11.7 Å². The van der Waals surface area contributed by atoms with Gasteiger partial charge in [-0.2, -0.15) is 0 Å². The van der Waals surface area contributed by atoms with Gasteiger partial charge in [-0.25, -0.2) is 4.79 Å². The van der Waals surface area contributed by atoms with Crippen LogP contribution in [0.1, 0.15) is 36.8 Å². The highest BCUT2D eigenvalue weighted by Crippen LogP contribution is 2.49. The first-order valence-corrected chi connectivity index (χ1v) is 11.0. The zero-order valence-corrected chi connectivity index (χ0v) is 18.9. The molecule has 31 heavy (non-hydrogen) atoms. The lowest BCUT2D eigenvalue weighted by Crippen LogP contribution is -2.52. The number of carbonyl (C=O) groups is 1. The minimum Gasteiger partial charge on any atom is -0.493 e. The zero-order chi connectivity index (χ0) is 22.0. The van der Waals surface area contributed by atoms with Crippen LogP contribution in [0.3, 0.4) is 0 Å². The average Bonchev–Trinajstić information content (AvgIpc) is 3.10. The Morgan fingerprint density at radius 2 is 1.90 bits per heavy atom. The summed E-state index contributed by atoms with van der Waals surface area (Å²) in [7, 11) is 5.55. The van der Waals surface area contributed by atoms with Crippen LogP contribution in [-0.4, -0.2) is 50.8 Å². The molecule has 166 valence electrons. The van der Waals surface area contributed by atoms with Gasteiger partial charge in [0, 0.05) is 23.2 Å².